The van der Waals surface area contributed by atoms with Gasteiger partial charge in [-0.1, -0.05) is 41.4 Å². The van der Waals surface area contributed by atoms with Crippen LogP contribution in [-0.4, -0.2) is 20.9 Å². The number of benzene rings is 1. The van der Waals surface area contributed by atoms with Crippen molar-refractivity contribution in [2.45, 2.75) is 25.8 Å². The minimum atomic E-state index is 0.0546. The largest absolute Gasteiger partial charge is 0.309 e. The van der Waals surface area contributed by atoms with Gasteiger partial charge in [0.25, 0.3) is 0 Å². The van der Waals surface area contributed by atoms with Crippen LogP contribution in [0.2, 0.25) is 5.02 Å². The van der Waals surface area contributed by atoms with E-state index in [4.69, 9.17) is 11.6 Å². The molecule has 0 bridgehead atoms. The van der Waals surface area contributed by atoms with Gasteiger partial charge in [-0.2, -0.15) is 0 Å². The molecule has 1 heterocycles. The number of hydrogen-bond donors (Lipinski definition) is 1. The van der Waals surface area contributed by atoms with Gasteiger partial charge in [-0.05, 0) is 24.5 Å². The topological polar surface area (TPSA) is 59.8 Å². The number of amides is 1. The lowest BCUT2D eigenvalue weighted by Crippen LogP contribution is -2.29. The van der Waals surface area contributed by atoms with Gasteiger partial charge in [0.15, 0.2) is 5.82 Å². The Hall–Kier alpha value is -1.88. The second-order valence-corrected chi connectivity index (χ2v) is 5.39. The summed E-state index contributed by atoms with van der Waals surface area (Å²) in [4.78, 5) is 12.0. The zero-order chi connectivity index (χ0) is 13.9. The standard InChI is InChI=1S/C14H15ClN4O/c15-12-7-2-1-4-11(12)9-19-13(8-16-18-19)17-14(20)10-5-3-6-10/h1-2,4,7-8,10H,3,5-6,9H2,(H,17,20). The van der Waals surface area contributed by atoms with Crippen molar-refractivity contribution < 1.29 is 4.79 Å². The van der Waals surface area contributed by atoms with Gasteiger partial charge in [0.2, 0.25) is 5.91 Å². The Morgan fingerprint density at radius 1 is 1.40 bits per heavy atom. The molecule has 3 rings (SSSR count). The van der Waals surface area contributed by atoms with Crippen molar-refractivity contribution in [3.63, 3.8) is 0 Å². The van der Waals surface area contributed by atoms with E-state index in [0.29, 0.717) is 17.4 Å². The highest BCUT2D eigenvalue weighted by molar-refractivity contribution is 6.31. The molecule has 2 aromatic rings. The summed E-state index contributed by atoms with van der Waals surface area (Å²) in [5, 5.41) is 11.4. The van der Waals surface area contributed by atoms with Gasteiger partial charge in [-0.3, -0.25) is 4.79 Å². The maximum atomic E-state index is 12.0. The average molecular weight is 291 g/mol. The maximum absolute atomic E-state index is 12.0. The second kappa shape index (κ2) is 5.63. The van der Waals surface area contributed by atoms with Gasteiger partial charge >= 0.3 is 0 Å². The van der Waals surface area contributed by atoms with Crippen molar-refractivity contribution in [2.75, 3.05) is 5.32 Å². The van der Waals surface area contributed by atoms with Gasteiger partial charge in [-0.25, -0.2) is 4.68 Å². The summed E-state index contributed by atoms with van der Waals surface area (Å²) < 4.78 is 1.65. The van der Waals surface area contributed by atoms with E-state index in [1.54, 1.807) is 10.9 Å². The van der Waals surface area contributed by atoms with Crippen LogP contribution in [0.1, 0.15) is 24.8 Å². The summed E-state index contributed by atoms with van der Waals surface area (Å²) in [5.74, 6) is 0.805. The van der Waals surface area contributed by atoms with E-state index in [9.17, 15) is 4.79 Å². The molecule has 0 spiro atoms. The zero-order valence-corrected chi connectivity index (χ0v) is 11.7. The molecular weight excluding hydrogens is 276 g/mol. The summed E-state index contributed by atoms with van der Waals surface area (Å²) in [6.45, 7) is 0.486. The first-order valence-corrected chi connectivity index (χ1v) is 7.04. The molecule has 104 valence electrons. The molecule has 1 aromatic carbocycles. The fourth-order valence-electron chi connectivity index (χ4n) is 2.16. The SMILES string of the molecule is O=C(Nc1cnnn1Cc1ccccc1Cl)C1CCC1. The lowest BCUT2D eigenvalue weighted by molar-refractivity contribution is -0.122. The van der Waals surface area contributed by atoms with Crippen LogP contribution in [0.3, 0.4) is 0 Å². The van der Waals surface area contributed by atoms with E-state index in [-0.39, 0.29) is 11.8 Å². The molecule has 6 heteroatoms. The molecule has 1 N–H and O–H groups in total. The summed E-state index contributed by atoms with van der Waals surface area (Å²) in [6, 6.07) is 7.57. The minimum Gasteiger partial charge on any atom is -0.309 e. The predicted molar refractivity (Wildman–Crippen MR) is 76.5 cm³/mol. The van der Waals surface area contributed by atoms with Crippen molar-refractivity contribution in [1.82, 2.24) is 15.0 Å². The van der Waals surface area contributed by atoms with E-state index in [2.05, 4.69) is 15.6 Å². The third kappa shape index (κ3) is 2.67. The summed E-state index contributed by atoms with van der Waals surface area (Å²) >= 11 is 6.13. The van der Waals surface area contributed by atoms with Gasteiger partial charge in [0, 0.05) is 10.9 Å². The summed E-state index contributed by atoms with van der Waals surface area (Å²) in [5.41, 5.74) is 0.943. The number of nitrogens with one attached hydrogen (secondary N) is 1. The molecule has 0 atom stereocenters. The average Bonchev–Trinajstić information content (AvgIpc) is 2.77. The highest BCUT2D eigenvalue weighted by atomic mass is 35.5. The van der Waals surface area contributed by atoms with Gasteiger partial charge in [0.1, 0.15) is 0 Å². The quantitative estimate of drug-likeness (QED) is 0.942. The van der Waals surface area contributed by atoms with E-state index in [1.807, 2.05) is 24.3 Å². The first-order chi connectivity index (χ1) is 9.74. The Labute approximate surface area is 121 Å². The normalized spacial score (nSPS) is 14.8. The molecule has 5 nitrogen and oxygen atoms in total. The molecule has 0 saturated heterocycles. The fourth-order valence-corrected chi connectivity index (χ4v) is 2.35. The molecule has 20 heavy (non-hydrogen) atoms. The monoisotopic (exact) mass is 290 g/mol. The number of carbonyl (C=O) groups excluding carboxylic acids is 1. The van der Waals surface area contributed by atoms with Crippen LogP contribution in [0.15, 0.2) is 30.5 Å². The number of hydrogen-bond acceptors (Lipinski definition) is 3. The number of rotatable bonds is 4. The number of anilines is 1. The molecule has 1 aliphatic rings. The first kappa shape index (κ1) is 13.1. The predicted octanol–water partition coefficient (Wildman–Crippen LogP) is 2.72. The number of aromatic nitrogens is 3. The van der Waals surface area contributed by atoms with Gasteiger partial charge in [0.05, 0.1) is 12.7 Å². The Bertz CT molecular complexity index is 621. The van der Waals surface area contributed by atoms with E-state index in [0.717, 1.165) is 24.8 Å². The molecule has 0 unspecified atom stereocenters. The lowest BCUT2D eigenvalue weighted by Gasteiger charge is -2.23. The lowest BCUT2D eigenvalue weighted by atomic mass is 9.85. The minimum absolute atomic E-state index is 0.0546. The number of nitrogens with zero attached hydrogens (tertiary/aromatic N) is 3. The summed E-state index contributed by atoms with van der Waals surface area (Å²) in [7, 11) is 0. The van der Waals surface area contributed by atoms with Crippen LogP contribution in [0.5, 0.6) is 0 Å². The maximum Gasteiger partial charge on any atom is 0.228 e. The Balaban J connectivity index is 1.73. The molecule has 1 amide bonds. The number of halogens is 1. The molecule has 1 fully saturated rings. The van der Waals surface area contributed by atoms with Crippen molar-refractivity contribution in [3.05, 3.63) is 41.0 Å². The van der Waals surface area contributed by atoms with E-state index < -0.39 is 0 Å². The van der Waals surface area contributed by atoms with Crippen LogP contribution in [0, 0.1) is 5.92 Å². The van der Waals surface area contributed by atoms with Gasteiger partial charge in [-0.15, -0.1) is 5.10 Å². The van der Waals surface area contributed by atoms with Crippen molar-refractivity contribution in [3.8, 4) is 0 Å². The van der Waals surface area contributed by atoms with Gasteiger partial charge < -0.3 is 5.32 Å². The second-order valence-electron chi connectivity index (χ2n) is 4.99. The van der Waals surface area contributed by atoms with Crippen LogP contribution in [0.25, 0.3) is 0 Å². The van der Waals surface area contributed by atoms with Crippen molar-refractivity contribution in [2.24, 2.45) is 5.92 Å². The molecule has 0 aliphatic heterocycles. The Morgan fingerprint density at radius 3 is 2.90 bits per heavy atom. The van der Waals surface area contributed by atoms with E-state index >= 15 is 0 Å². The molecule has 1 aromatic heterocycles. The molecule has 0 radical (unpaired) electrons. The molecule has 1 aliphatic carbocycles. The Morgan fingerprint density at radius 2 is 2.20 bits per heavy atom. The summed E-state index contributed by atoms with van der Waals surface area (Å²) in [6.07, 6.45) is 4.64. The van der Waals surface area contributed by atoms with Crippen molar-refractivity contribution >= 4 is 23.3 Å². The smallest absolute Gasteiger partial charge is 0.228 e. The first-order valence-electron chi connectivity index (χ1n) is 6.67. The fraction of sp³-hybridized carbons (Fsp3) is 0.357. The van der Waals surface area contributed by atoms with Crippen LogP contribution >= 0.6 is 11.6 Å². The third-order valence-electron chi connectivity index (χ3n) is 3.62. The number of carbonyl (C=O) groups is 1. The van der Waals surface area contributed by atoms with E-state index in [1.165, 1.54) is 0 Å². The van der Waals surface area contributed by atoms with Crippen molar-refractivity contribution in [1.29, 1.82) is 0 Å². The molecule has 1 saturated carbocycles. The van der Waals surface area contributed by atoms with Crippen LogP contribution < -0.4 is 5.32 Å². The Kier molecular flexibility index (Phi) is 3.69. The molecular formula is C14H15ClN4O. The third-order valence-corrected chi connectivity index (χ3v) is 3.99. The van der Waals surface area contributed by atoms with Crippen LogP contribution in [-0.2, 0) is 11.3 Å². The zero-order valence-electron chi connectivity index (χ0n) is 10.9. The highest BCUT2D eigenvalue weighted by Gasteiger charge is 2.26. The van der Waals surface area contributed by atoms with Crippen LogP contribution in [0.4, 0.5) is 5.82 Å². The highest BCUT2D eigenvalue weighted by Crippen LogP contribution is 2.27.